The summed E-state index contributed by atoms with van der Waals surface area (Å²) in [6.07, 6.45) is 1.25. The highest BCUT2D eigenvalue weighted by Crippen LogP contribution is 2.33. The van der Waals surface area contributed by atoms with E-state index in [-0.39, 0.29) is 6.54 Å². The number of aryl methyl sites for hydroxylation is 1. The van der Waals surface area contributed by atoms with Gasteiger partial charge in [0.05, 0.1) is 6.54 Å². The van der Waals surface area contributed by atoms with E-state index < -0.39 is 6.43 Å². The van der Waals surface area contributed by atoms with Gasteiger partial charge in [-0.3, -0.25) is 0 Å². The number of hydrogen-bond acceptors (Lipinski definition) is 1. The Balaban J connectivity index is 2.39. The zero-order chi connectivity index (χ0) is 14.0. The lowest BCUT2D eigenvalue weighted by Crippen LogP contribution is -2.28. The second-order valence-electron chi connectivity index (χ2n) is 4.38. The monoisotopic (exact) mass is 325 g/mol. The van der Waals surface area contributed by atoms with Crippen LogP contribution in [0.4, 0.5) is 8.78 Å². The smallest absolute Gasteiger partial charge is 0.256 e. The summed E-state index contributed by atoms with van der Waals surface area (Å²) in [4.78, 5) is 1.54. The van der Waals surface area contributed by atoms with Crippen molar-refractivity contribution in [2.24, 2.45) is 0 Å². The maximum Gasteiger partial charge on any atom is 0.256 e. The van der Waals surface area contributed by atoms with Crippen LogP contribution in [0.2, 0.25) is 0 Å². The molecule has 100 valence electrons. The number of nitrogens with zero attached hydrogens (tertiary/aromatic N) is 1. The van der Waals surface area contributed by atoms with Gasteiger partial charge in [-0.15, -0.1) is 0 Å². The third kappa shape index (κ3) is 3.13. The van der Waals surface area contributed by atoms with Crippen molar-refractivity contribution in [3.63, 3.8) is 0 Å². The van der Waals surface area contributed by atoms with Gasteiger partial charge in [0.15, 0.2) is 0 Å². The first-order valence-electron chi connectivity index (χ1n) is 5.88. The number of halogens is 3. The minimum atomic E-state index is -2.41. The lowest BCUT2D eigenvalue weighted by atomic mass is 10.1. The number of alkyl halides is 2. The molecule has 0 radical (unpaired) electrons. The van der Waals surface area contributed by atoms with Gasteiger partial charge in [-0.1, -0.05) is 36.4 Å². The van der Waals surface area contributed by atoms with Crippen molar-refractivity contribution in [3.05, 3.63) is 64.3 Å². The Hall–Kier alpha value is -1.42. The van der Waals surface area contributed by atoms with E-state index in [2.05, 4.69) is 22.5 Å². The highest BCUT2D eigenvalue weighted by Gasteiger charge is 2.22. The third-order valence-electron chi connectivity index (χ3n) is 2.95. The van der Waals surface area contributed by atoms with Gasteiger partial charge in [-0.05, 0) is 40.6 Å². The van der Waals surface area contributed by atoms with E-state index in [9.17, 15) is 8.78 Å². The number of rotatable bonds is 3. The van der Waals surface area contributed by atoms with Crippen molar-refractivity contribution in [2.45, 2.75) is 13.3 Å². The van der Waals surface area contributed by atoms with Crippen LogP contribution in [0.15, 0.2) is 53.2 Å². The zero-order valence-electron chi connectivity index (χ0n) is 10.5. The summed E-state index contributed by atoms with van der Waals surface area (Å²) in [7, 11) is 0. The first-order valence-corrected chi connectivity index (χ1v) is 6.68. The molecule has 0 spiro atoms. The first-order chi connectivity index (χ1) is 8.99. The molecule has 0 saturated carbocycles. The Kier molecular flexibility index (Phi) is 4.20. The molecular weight excluding hydrogens is 312 g/mol. The molecule has 19 heavy (non-hydrogen) atoms. The summed E-state index contributed by atoms with van der Waals surface area (Å²) in [5, 5.41) is 0. The van der Waals surface area contributed by atoms with Gasteiger partial charge in [0.1, 0.15) is 0 Å². The lowest BCUT2D eigenvalue weighted by Gasteiger charge is -2.31. The minimum Gasteiger partial charge on any atom is -0.335 e. The summed E-state index contributed by atoms with van der Waals surface area (Å²) in [6, 6.07) is 7.79. The summed E-state index contributed by atoms with van der Waals surface area (Å²) < 4.78 is 26.2. The SMILES string of the molecule is C=C1C(Br)=CC=C(c2ccc(C)cc2)N1CC(F)F. The Bertz CT molecular complexity index is 544. The fraction of sp³-hybridized carbons (Fsp3) is 0.200. The van der Waals surface area contributed by atoms with Gasteiger partial charge in [0, 0.05) is 15.9 Å². The molecular formula is C15H14BrF2N. The van der Waals surface area contributed by atoms with Crippen LogP contribution in [-0.2, 0) is 0 Å². The number of hydrogen-bond donors (Lipinski definition) is 0. The maximum absolute atomic E-state index is 12.7. The van der Waals surface area contributed by atoms with Crippen LogP contribution in [0, 0.1) is 6.92 Å². The van der Waals surface area contributed by atoms with Crippen LogP contribution in [0.1, 0.15) is 11.1 Å². The zero-order valence-corrected chi connectivity index (χ0v) is 12.1. The molecule has 0 unspecified atom stereocenters. The average Bonchev–Trinajstić information content (AvgIpc) is 2.36. The van der Waals surface area contributed by atoms with E-state index in [0.29, 0.717) is 5.70 Å². The Morgan fingerprint density at radius 1 is 1.21 bits per heavy atom. The molecule has 1 aliphatic heterocycles. The molecule has 1 heterocycles. The minimum absolute atomic E-state index is 0.360. The molecule has 1 aromatic rings. The van der Waals surface area contributed by atoms with Gasteiger partial charge in [-0.2, -0.15) is 0 Å². The van der Waals surface area contributed by atoms with Crippen molar-refractivity contribution in [2.75, 3.05) is 6.54 Å². The lowest BCUT2D eigenvalue weighted by molar-refractivity contribution is 0.123. The van der Waals surface area contributed by atoms with Crippen molar-refractivity contribution in [1.82, 2.24) is 4.90 Å². The summed E-state index contributed by atoms with van der Waals surface area (Å²) in [5.74, 6) is 0. The van der Waals surface area contributed by atoms with Crippen molar-refractivity contribution in [1.29, 1.82) is 0 Å². The molecule has 2 rings (SSSR count). The normalized spacial score (nSPS) is 15.6. The van der Waals surface area contributed by atoms with E-state index in [1.54, 1.807) is 4.90 Å². The van der Waals surface area contributed by atoms with Gasteiger partial charge >= 0.3 is 0 Å². The van der Waals surface area contributed by atoms with E-state index in [4.69, 9.17) is 0 Å². The summed E-state index contributed by atoms with van der Waals surface area (Å²) >= 11 is 3.33. The van der Waals surface area contributed by atoms with Gasteiger partial charge in [0.25, 0.3) is 6.43 Å². The Morgan fingerprint density at radius 2 is 1.84 bits per heavy atom. The molecule has 0 atom stereocenters. The van der Waals surface area contributed by atoms with Crippen LogP contribution in [0.25, 0.3) is 5.70 Å². The summed E-state index contributed by atoms with van der Waals surface area (Å²) in [5.41, 5.74) is 3.34. The van der Waals surface area contributed by atoms with Crippen molar-refractivity contribution < 1.29 is 8.78 Å². The Labute approximate surface area is 120 Å². The van der Waals surface area contributed by atoms with Crippen LogP contribution in [0.5, 0.6) is 0 Å². The number of benzene rings is 1. The predicted octanol–water partition coefficient (Wildman–Crippen LogP) is 4.71. The standard InChI is InChI=1S/C15H14BrF2N/c1-10-3-5-12(6-4-10)14-8-7-13(16)11(2)19(14)9-15(17)18/h3-8,15H,2,9H2,1H3. The van der Waals surface area contributed by atoms with E-state index in [0.717, 1.165) is 21.3 Å². The highest BCUT2D eigenvalue weighted by atomic mass is 79.9. The second-order valence-corrected chi connectivity index (χ2v) is 5.24. The predicted molar refractivity (Wildman–Crippen MR) is 78.0 cm³/mol. The molecule has 0 aliphatic carbocycles. The van der Waals surface area contributed by atoms with E-state index >= 15 is 0 Å². The molecule has 0 N–H and O–H groups in total. The largest absolute Gasteiger partial charge is 0.335 e. The van der Waals surface area contributed by atoms with Crippen LogP contribution < -0.4 is 0 Å². The molecule has 4 heteroatoms. The first kappa shape index (κ1) is 14.0. The molecule has 1 aromatic carbocycles. The fourth-order valence-corrected chi connectivity index (χ4v) is 2.28. The van der Waals surface area contributed by atoms with Crippen LogP contribution in [-0.4, -0.2) is 17.9 Å². The fourth-order valence-electron chi connectivity index (χ4n) is 1.94. The third-order valence-corrected chi connectivity index (χ3v) is 3.67. The second kappa shape index (κ2) is 5.70. The highest BCUT2D eigenvalue weighted by molar-refractivity contribution is 9.12. The van der Waals surface area contributed by atoms with Gasteiger partial charge in [-0.25, -0.2) is 8.78 Å². The molecule has 0 aromatic heterocycles. The van der Waals surface area contributed by atoms with E-state index in [1.165, 1.54) is 0 Å². The van der Waals surface area contributed by atoms with Crippen molar-refractivity contribution in [3.8, 4) is 0 Å². The van der Waals surface area contributed by atoms with Crippen LogP contribution in [0.3, 0.4) is 0 Å². The van der Waals surface area contributed by atoms with Gasteiger partial charge < -0.3 is 4.90 Å². The van der Waals surface area contributed by atoms with E-state index in [1.807, 2.05) is 43.3 Å². The molecule has 0 fully saturated rings. The Morgan fingerprint density at radius 3 is 2.42 bits per heavy atom. The van der Waals surface area contributed by atoms with Crippen molar-refractivity contribution >= 4 is 21.6 Å². The molecule has 1 nitrogen and oxygen atoms in total. The quantitative estimate of drug-likeness (QED) is 0.778. The average molecular weight is 326 g/mol. The van der Waals surface area contributed by atoms with Gasteiger partial charge in [0.2, 0.25) is 0 Å². The molecule has 0 amide bonds. The molecule has 0 bridgehead atoms. The molecule has 1 aliphatic rings. The topological polar surface area (TPSA) is 3.24 Å². The summed E-state index contributed by atoms with van der Waals surface area (Å²) in [6.45, 7) is 5.49. The van der Waals surface area contributed by atoms with Crippen LogP contribution >= 0.6 is 15.9 Å². The number of allylic oxidation sites excluding steroid dienone is 3. The maximum atomic E-state index is 12.7. The molecule has 0 saturated heterocycles.